The molecule has 0 rings (SSSR count). The molecule has 0 heterocycles. The Morgan fingerprint density at radius 1 is 1.42 bits per heavy atom. The maximum Gasteiger partial charge on any atom is 0.224 e. The Bertz CT molecular complexity index is 213. The van der Waals surface area contributed by atoms with E-state index in [1.165, 1.54) is 4.31 Å². The third-order valence-corrected chi connectivity index (χ3v) is 4.66. The SMILES string of the molecule is CCN(CC(C)C)S(=O)(=O)CBr. The molecule has 74 valence electrons. The van der Waals surface area contributed by atoms with E-state index in [2.05, 4.69) is 15.9 Å². The second kappa shape index (κ2) is 5.19. The lowest BCUT2D eigenvalue weighted by Gasteiger charge is -2.20. The highest BCUT2D eigenvalue weighted by Gasteiger charge is 2.19. The smallest absolute Gasteiger partial charge is 0.211 e. The van der Waals surface area contributed by atoms with E-state index in [4.69, 9.17) is 0 Å². The number of hydrogen-bond acceptors (Lipinski definition) is 2. The Labute approximate surface area is 83.3 Å². The van der Waals surface area contributed by atoms with Crippen LogP contribution in [0.3, 0.4) is 0 Å². The number of nitrogens with zero attached hydrogens (tertiary/aromatic N) is 1. The van der Waals surface area contributed by atoms with Crippen molar-refractivity contribution in [2.24, 2.45) is 5.92 Å². The first-order valence-electron chi connectivity index (χ1n) is 3.97. The molecule has 0 atom stereocenters. The van der Waals surface area contributed by atoms with Gasteiger partial charge >= 0.3 is 0 Å². The highest BCUT2D eigenvalue weighted by Crippen LogP contribution is 2.07. The van der Waals surface area contributed by atoms with Crippen molar-refractivity contribution in [3.05, 3.63) is 0 Å². The van der Waals surface area contributed by atoms with Crippen LogP contribution in [-0.2, 0) is 10.0 Å². The maximum atomic E-state index is 11.3. The molecule has 0 N–H and O–H groups in total. The standard InChI is InChI=1S/C7H16BrNO2S/c1-4-9(5-7(2)3)12(10,11)6-8/h7H,4-6H2,1-3H3. The fraction of sp³-hybridized carbons (Fsp3) is 1.00. The van der Waals surface area contributed by atoms with Crippen LogP contribution in [0, 0.1) is 5.92 Å². The van der Waals surface area contributed by atoms with Crippen molar-refractivity contribution in [3.63, 3.8) is 0 Å². The highest BCUT2D eigenvalue weighted by molar-refractivity contribution is 9.10. The fourth-order valence-corrected chi connectivity index (χ4v) is 2.84. The summed E-state index contributed by atoms with van der Waals surface area (Å²) in [7, 11) is -3.06. The Kier molecular flexibility index (Phi) is 5.36. The minimum atomic E-state index is -3.06. The first-order valence-corrected chi connectivity index (χ1v) is 6.70. The highest BCUT2D eigenvalue weighted by atomic mass is 79.9. The van der Waals surface area contributed by atoms with Crippen molar-refractivity contribution in [3.8, 4) is 0 Å². The molecular formula is C7H16BrNO2S. The van der Waals surface area contributed by atoms with Crippen LogP contribution >= 0.6 is 15.9 Å². The summed E-state index contributed by atoms with van der Waals surface area (Å²) < 4.78 is 24.2. The van der Waals surface area contributed by atoms with Gasteiger partial charge in [-0.3, -0.25) is 0 Å². The number of rotatable bonds is 5. The van der Waals surface area contributed by atoms with Crippen LogP contribution in [-0.4, -0.2) is 30.5 Å². The van der Waals surface area contributed by atoms with E-state index in [0.29, 0.717) is 19.0 Å². The molecule has 0 amide bonds. The summed E-state index contributed by atoms with van der Waals surface area (Å²) in [6.07, 6.45) is 0. The zero-order valence-electron chi connectivity index (χ0n) is 7.75. The Hall–Kier alpha value is 0.390. The number of halogens is 1. The van der Waals surface area contributed by atoms with Gasteiger partial charge in [0.1, 0.15) is 4.66 Å². The van der Waals surface area contributed by atoms with E-state index in [1.807, 2.05) is 20.8 Å². The molecule has 0 aromatic heterocycles. The van der Waals surface area contributed by atoms with Crippen LogP contribution in [0.4, 0.5) is 0 Å². The van der Waals surface area contributed by atoms with Crippen molar-refractivity contribution in [2.45, 2.75) is 20.8 Å². The normalized spacial score (nSPS) is 12.8. The minimum Gasteiger partial charge on any atom is -0.211 e. The van der Waals surface area contributed by atoms with Gasteiger partial charge in [0.05, 0.1) is 0 Å². The molecule has 0 fully saturated rings. The van der Waals surface area contributed by atoms with E-state index in [0.717, 1.165) is 0 Å². The number of hydrogen-bond donors (Lipinski definition) is 0. The maximum absolute atomic E-state index is 11.3. The predicted molar refractivity (Wildman–Crippen MR) is 54.8 cm³/mol. The van der Waals surface area contributed by atoms with Crippen LogP contribution in [0.15, 0.2) is 0 Å². The molecular weight excluding hydrogens is 242 g/mol. The first-order chi connectivity index (χ1) is 5.44. The van der Waals surface area contributed by atoms with Crippen LogP contribution < -0.4 is 0 Å². The molecule has 0 aromatic carbocycles. The van der Waals surface area contributed by atoms with Gasteiger partial charge in [-0.2, -0.15) is 0 Å². The lowest BCUT2D eigenvalue weighted by molar-refractivity contribution is 0.383. The largest absolute Gasteiger partial charge is 0.224 e. The summed E-state index contributed by atoms with van der Waals surface area (Å²) in [6, 6.07) is 0. The van der Waals surface area contributed by atoms with Gasteiger partial charge in [-0.25, -0.2) is 12.7 Å². The predicted octanol–water partition coefficient (Wildman–Crippen LogP) is 1.65. The van der Waals surface area contributed by atoms with Gasteiger partial charge < -0.3 is 0 Å². The second-order valence-corrected chi connectivity index (χ2v) is 6.34. The van der Waals surface area contributed by atoms with Crippen LogP contribution in [0.5, 0.6) is 0 Å². The molecule has 0 unspecified atom stereocenters. The summed E-state index contributed by atoms with van der Waals surface area (Å²) in [5.41, 5.74) is 0. The number of sulfonamides is 1. The topological polar surface area (TPSA) is 37.4 Å². The van der Waals surface area contributed by atoms with Crippen molar-refractivity contribution in [1.29, 1.82) is 0 Å². The van der Waals surface area contributed by atoms with Gasteiger partial charge in [0.2, 0.25) is 10.0 Å². The molecule has 0 aliphatic heterocycles. The fourth-order valence-electron chi connectivity index (χ4n) is 0.916. The average molecular weight is 258 g/mol. The van der Waals surface area contributed by atoms with E-state index in [1.54, 1.807) is 0 Å². The van der Waals surface area contributed by atoms with Gasteiger partial charge in [0.25, 0.3) is 0 Å². The quantitative estimate of drug-likeness (QED) is 0.703. The lowest BCUT2D eigenvalue weighted by atomic mass is 10.2. The summed E-state index contributed by atoms with van der Waals surface area (Å²) in [6.45, 7) is 7.01. The monoisotopic (exact) mass is 257 g/mol. The summed E-state index contributed by atoms with van der Waals surface area (Å²) in [4.78, 5) is 0. The molecule has 5 heteroatoms. The molecule has 3 nitrogen and oxygen atoms in total. The molecule has 0 aliphatic carbocycles. The molecule has 0 aliphatic rings. The Morgan fingerprint density at radius 3 is 2.17 bits per heavy atom. The van der Waals surface area contributed by atoms with E-state index >= 15 is 0 Å². The molecule has 0 aromatic rings. The molecule has 0 bridgehead atoms. The van der Waals surface area contributed by atoms with Crippen LogP contribution in [0.25, 0.3) is 0 Å². The summed E-state index contributed by atoms with van der Waals surface area (Å²) in [5, 5.41) is 0. The van der Waals surface area contributed by atoms with E-state index in [-0.39, 0.29) is 4.66 Å². The third kappa shape index (κ3) is 3.87. The molecule has 0 saturated carbocycles. The third-order valence-electron chi connectivity index (χ3n) is 1.45. The van der Waals surface area contributed by atoms with Gasteiger partial charge in [-0.05, 0) is 5.92 Å². The summed E-state index contributed by atoms with van der Waals surface area (Å²) >= 11 is 2.97. The van der Waals surface area contributed by atoms with Crippen molar-refractivity contribution < 1.29 is 8.42 Å². The van der Waals surface area contributed by atoms with Crippen LogP contribution in [0.2, 0.25) is 0 Å². The average Bonchev–Trinajstić information content (AvgIpc) is 1.99. The molecule has 0 saturated heterocycles. The zero-order chi connectivity index (χ0) is 9.78. The van der Waals surface area contributed by atoms with Crippen LogP contribution in [0.1, 0.15) is 20.8 Å². The number of alkyl halides is 1. The molecule has 0 spiro atoms. The Balaban J connectivity index is 4.35. The van der Waals surface area contributed by atoms with E-state index in [9.17, 15) is 8.42 Å². The van der Waals surface area contributed by atoms with Crippen molar-refractivity contribution in [2.75, 3.05) is 17.8 Å². The molecule has 12 heavy (non-hydrogen) atoms. The van der Waals surface area contributed by atoms with E-state index < -0.39 is 10.0 Å². The van der Waals surface area contributed by atoms with Gasteiger partial charge in [0, 0.05) is 13.1 Å². The molecule has 0 radical (unpaired) electrons. The summed E-state index contributed by atoms with van der Waals surface area (Å²) in [5.74, 6) is 0.374. The Morgan fingerprint density at radius 2 is 1.92 bits per heavy atom. The van der Waals surface area contributed by atoms with Gasteiger partial charge in [0.15, 0.2) is 0 Å². The van der Waals surface area contributed by atoms with Crippen molar-refractivity contribution in [1.82, 2.24) is 4.31 Å². The van der Waals surface area contributed by atoms with Crippen molar-refractivity contribution >= 4 is 26.0 Å². The second-order valence-electron chi connectivity index (χ2n) is 3.07. The lowest BCUT2D eigenvalue weighted by Crippen LogP contribution is -2.34. The minimum absolute atomic E-state index is 0.0144. The first kappa shape index (κ1) is 12.4. The van der Waals surface area contributed by atoms with Gasteiger partial charge in [-0.1, -0.05) is 36.7 Å². The van der Waals surface area contributed by atoms with Gasteiger partial charge in [-0.15, -0.1) is 0 Å². The zero-order valence-corrected chi connectivity index (χ0v) is 10.2.